The van der Waals surface area contributed by atoms with Crippen molar-refractivity contribution in [1.82, 2.24) is 10.2 Å². The maximum absolute atomic E-state index is 12.4. The smallest absolute Gasteiger partial charge is 0.322 e. The number of rotatable bonds is 5. The monoisotopic (exact) mass is 359 g/mol. The third kappa shape index (κ3) is 3.79. The molecule has 1 amide bonds. The lowest BCUT2D eigenvalue weighted by atomic mass is 10.1. The lowest BCUT2D eigenvalue weighted by molar-refractivity contribution is 0.102. The van der Waals surface area contributed by atoms with E-state index in [1.807, 2.05) is 60.7 Å². The maximum Gasteiger partial charge on any atom is 0.322 e. The average Bonchev–Trinajstić information content (AvgIpc) is 3.15. The minimum absolute atomic E-state index is 0.0803. The Bertz CT molecular complexity index is 1090. The quantitative estimate of drug-likeness (QED) is 0.581. The molecule has 134 valence electrons. The van der Waals surface area contributed by atoms with Gasteiger partial charge in [0, 0.05) is 5.56 Å². The first-order valence-corrected chi connectivity index (χ1v) is 8.47. The van der Waals surface area contributed by atoms with Gasteiger partial charge in [0.1, 0.15) is 5.75 Å². The van der Waals surface area contributed by atoms with Crippen LogP contribution in [0.3, 0.4) is 0 Å². The van der Waals surface area contributed by atoms with Crippen molar-refractivity contribution in [2.45, 2.75) is 6.42 Å². The van der Waals surface area contributed by atoms with Crippen LogP contribution in [0.4, 0.5) is 6.01 Å². The Labute approximate surface area is 155 Å². The Balaban J connectivity index is 1.45. The fourth-order valence-electron chi connectivity index (χ4n) is 2.79. The van der Waals surface area contributed by atoms with Gasteiger partial charge in [0.15, 0.2) is 0 Å². The highest BCUT2D eigenvalue weighted by atomic mass is 16.5. The van der Waals surface area contributed by atoms with Crippen LogP contribution in [0, 0.1) is 0 Å². The minimum atomic E-state index is -0.291. The Morgan fingerprint density at radius 2 is 1.78 bits per heavy atom. The fourth-order valence-corrected chi connectivity index (χ4v) is 2.79. The zero-order valence-corrected chi connectivity index (χ0v) is 14.7. The lowest BCUT2D eigenvalue weighted by Gasteiger charge is -2.03. The summed E-state index contributed by atoms with van der Waals surface area (Å²) in [6.07, 6.45) is 0.475. The van der Waals surface area contributed by atoms with E-state index < -0.39 is 0 Å². The number of carbonyl (C=O) groups excluding carboxylic acids is 1. The Kier molecular flexibility index (Phi) is 4.53. The largest absolute Gasteiger partial charge is 0.497 e. The van der Waals surface area contributed by atoms with Crippen molar-refractivity contribution in [2.75, 3.05) is 12.4 Å². The lowest BCUT2D eigenvalue weighted by Crippen LogP contribution is -2.12. The molecule has 1 aromatic heterocycles. The van der Waals surface area contributed by atoms with E-state index in [9.17, 15) is 4.79 Å². The van der Waals surface area contributed by atoms with Crippen LogP contribution in [-0.4, -0.2) is 23.2 Å². The fraction of sp³-hybridized carbons (Fsp3) is 0.0952. The molecule has 1 N–H and O–H groups in total. The van der Waals surface area contributed by atoms with Gasteiger partial charge >= 0.3 is 6.01 Å². The van der Waals surface area contributed by atoms with Gasteiger partial charge in [-0.1, -0.05) is 47.6 Å². The SMILES string of the molecule is COc1ccc(Cc2nnc(NC(=O)c3ccc4ccccc4c3)o2)cc1. The molecule has 6 nitrogen and oxygen atoms in total. The molecule has 1 heterocycles. The van der Waals surface area contributed by atoms with Gasteiger partial charge in [-0.25, -0.2) is 0 Å². The van der Waals surface area contributed by atoms with E-state index in [0.29, 0.717) is 17.9 Å². The van der Waals surface area contributed by atoms with Crippen LogP contribution in [0.1, 0.15) is 21.8 Å². The Morgan fingerprint density at radius 3 is 2.56 bits per heavy atom. The van der Waals surface area contributed by atoms with Gasteiger partial charge in [-0.3, -0.25) is 10.1 Å². The Hall–Kier alpha value is -3.67. The first-order valence-electron chi connectivity index (χ1n) is 8.47. The summed E-state index contributed by atoms with van der Waals surface area (Å²) in [4.78, 5) is 12.4. The molecule has 4 rings (SSSR count). The van der Waals surface area contributed by atoms with Gasteiger partial charge in [-0.15, -0.1) is 5.10 Å². The molecule has 0 saturated heterocycles. The van der Waals surface area contributed by atoms with E-state index in [4.69, 9.17) is 9.15 Å². The van der Waals surface area contributed by atoms with E-state index in [-0.39, 0.29) is 11.9 Å². The number of nitrogens with zero attached hydrogens (tertiary/aromatic N) is 2. The summed E-state index contributed by atoms with van der Waals surface area (Å²) in [7, 11) is 1.62. The highest BCUT2D eigenvalue weighted by Crippen LogP contribution is 2.18. The van der Waals surface area contributed by atoms with E-state index in [2.05, 4.69) is 15.5 Å². The van der Waals surface area contributed by atoms with Crippen LogP contribution in [0.15, 0.2) is 71.1 Å². The molecule has 0 saturated carbocycles. The molecule has 0 aliphatic rings. The second kappa shape index (κ2) is 7.29. The van der Waals surface area contributed by atoms with Crippen molar-refractivity contribution in [3.8, 4) is 5.75 Å². The number of fused-ring (bicyclic) bond motifs is 1. The summed E-state index contributed by atoms with van der Waals surface area (Å²) in [5.41, 5.74) is 1.54. The van der Waals surface area contributed by atoms with Gasteiger partial charge in [-0.05, 0) is 40.6 Å². The third-order valence-corrected chi connectivity index (χ3v) is 4.21. The molecular weight excluding hydrogens is 342 g/mol. The van der Waals surface area contributed by atoms with E-state index >= 15 is 0 Å². The van der Waals surface area contributed by atoms with Crippen LogP contribution < -0.4 is 10.1 Å². The number of nitrogens with one attached hydrogen (secondary N) is 1. The predicted octanol–water partition coefficient (Wildman–Crippen LogP) is 4.07. The van der Waals surface area contributed by atoms with Crippen molar-refractivity contribution in [3.63, 3.8) is 0 Å². The number of ether oxygens (including phenoxy) is 1. The number of carbonyl (C=O) groups is 1. The normalized spacial score (nSPS) is 10.7. The molecule has 4 aromatic rings. The molecule has 3 aromatic carbocycles. The van der Waals surface area contributed by atoms with Crippen molar-refractivity contribution >= 4 is 22.7 Å². The number of hydrogen-bond donors (Lipinski definition) is 1. The van der Waals surface area contributed by atoms with Crippen LogP contribution in [0.25, 0.3) is 10.8 Å². The van der Waals surface area contributed by atoms with Gasteiger partial charge < -0.3 is 9.15 Å². The van der Waals surface area contributed by atoms with Crippen LogP contribution in [0.5, 0.6) is 5.75 Å². The van der Waals surface area contributed by atoms with E-state index in [1.54, 1.807) is 13.2 Å². The number of hydrogen-bond acceptors (Lipinski definition) is 5. The number of anilines is 1. The second-order valence-corrected chi connectivity index (χ2v) is 6.04. The number of amides is 1. The third-order valence-electron chi connectivity index (χ3n) is 4.21. The van der Waals surface area contributed by atoms with Crippen LogP contribution >= 0.6 is 0 Å². The van der Waals surface area contributed by atoms with Gasteiger partial charge in [0.05, 0.1) is 13.5 Å². The number of methoxy groups -OCH3 is 1. The summed E-state index contributed by atoms with van der Waals surface area (Å²) in [6.45, 7) is 0. The second-order valence-electron chi connectivity index (χ2n) is 6.04. The Morgan fingerprint density at radius 1 is 1.00 bits per heavy atom. The van der Waals surface area contributed by atoms with Crippen molar-refractivity contribution in [2.24, 2.45) is 0 Å². The van der Waals surface area contributed by atoms with Gasteiger partial charge in [-0.2, -0.15) is 0 Å². The number of benzene rings is 3. The molecule has 27 heavy (non-hydrogen) atoms. The molecule has 0 unspecified atom stereocenters. The zero-order valence-electron chi connectivity index (χ0n) is 14.7. The van der Waals surface area contributed by atoms with Gasteiger partial charge in [0.25, 0.3) is 5.91 Å². The molecule has 0 aliphatic heterocycles. The standard InChI is InChI=1S/C21H17N3O3/c1-26-18-10-6-14(7-11-18)12-19-23-24-21(27-19)22-20(25)17-9-8-15-4-2-3-5-16(15)13-17/h2-11,13H,12H2,1H3,(H,22,24,25). The summed E-state index contributed by atoms with van der Waals surface area (Å²) >= 11 is 0. The van der Waals surface area contributed by atoms with Crippen molar-refractivity contribution in [1.29, 1.82) is 0 Å². The summed E-state index contributed by atoms with van der Waals surface area (Å²) in [5.74, 6) is 0.919. The molecule has 0 bridgehead atoms. The minimum Gasteiger partial charge on any atom is -0.497 e. The summed E-state index contributed by atoms with van der Waals surface area (Å²) in [5, 5.41) is 12.6. The predicted molar refractivity (Wildman–Crippen MR) is 102 cm³/mol. The maximum atomic E-state index is 12.4. The average molecular weight is 359 g/mol. The molecule has 0 spiro atoms. The van der Waals surface area contributed by atoms with Crippen LogP contribution in [-0.2, 0) is 6.42 Å². The molecule has 0 radical (unpaired) electrons. The summed E-state index contributed by atoms with van der Waals surface area (Å²) in [6, 6.07) is 21.1. The highest BCUT2D eigenvalue weighted by molar-refractivity contribution is 6.05. The molecule has 0 atom stereocenters. The molecular formula is C21H17N3O3. The zero-order chi connectivity index (χ0) is 18.6. The molecule has 0 fully saturated rings. The first kappa shape index (κ1) is 16.8. The molecule has 0 aliphatic carbocycles. The topological polar surface area (TPSA) is 77.3 Å². The van der Waals surface area contributed by atoms with Crippen molar-refractivity contribution in [3.05, 3.63) is 83.7 Å². The highest BCUT2D eigenvalue weighted by Gasteiger charge is 2.12. The van der Waals surface area contributed by atoms with Crippen molar-refractivity contribution < 1.29 is 13.9 Å². The van der Waals surface area contributed by atoms with Gasteiger partial charge in [0.2, 0.25) is 5.89 Å². The van der Waals surface area contributed by atoms with E-state index in [0.717, 1.165) is 22.1 Å². The van der Waals surface area contributed by atoms with E-state index in [1.165, 1.54) is 0 Å². The first-order chi connectivity index (χ1) is 13.2. The number of aromatic nitrogens is 2. The molecule has 6 heteroatoms. The summed E-state index contributed by atoms with van der Waals surface area (Å²) < 4.78 is 10.7. The van der Waals surface area contributed by atoms with Crippen LogP contribution in [0.2, 0.25) is 0 Å².